The van der Waals surface area contributed by atoms with Crippen molar-refractivity contribution in [3.63, 3.8) is 0 Å². The van der Waals surface area contributed by atoms with Gasteiger partial charge < -0.3 is 4.74 Å². The second-order valence-corrected chi connectivity index (χ2v) is 4.76. The number of aromatic nitrogens is 3. The monoisotopic (exact) mass is 257 g/mol. The molecular formula is C14H15N3O2. The molecule has 98 valence electrons. The molecule has 0 radical (unpaired) electrons. The van der Waals surface area contributed by atoms with Crippen LogP contribution in [0.25, 0.3) is 11.4 Å². The standard InChI is InChI=1S/C14H15N3O2/c1-9-5-3-4-6-11(9)12-15-14(19-2)16-17(12)13(18)10-7-8-10/h3-6,10H,7-8H2,1-2H3. The summed E-state index contributed by atoms with van der Waals surface area (Å²) in [5.74, 6) is 0.662. The second-order valence-electron chi connectivity index (χ2n) is 4.76. The Kier molecular flexibility index (Phi) is 2.81. The third kappa shape index (κ3) is 2.12. The number of nitrogens with zero attached hydrogens (tertiary/aromatic N) is 3. The molecule has 1 aromatic carbocycles. The van der Waals surface area contributed by atoms with E-state index in [1.54, 1.807) is 0 Å². The highest BCUT2D eigenvalue weighted by molar-refractivity contribution is 5.86. The lowest BCUT2D eigenvalue weighted by atomic mass is 10.1. The number of hydrogen-bond acceptors (Lipinski definition) is 4. The van der Waals surface area contributed by atoms with Gasteiger partial charge in [0.25, 0.3) is 5.91 Å². The summed E-state index contributed by atoms with van der Waals surface area (Å²) in [5, 5.41) is 4.14. The molecule has 5 heteroatoms. The minimum absolute atomic E-state index is 0.00838. The highest BCUT2D eigenvalue weighted by atomic mass is 16.5. The van der Waals surface area contributed by atoms with Crippen LogP contribution < -0.4 is 4.74 Å². The van der Waals surface area contributed by atoms with Crippen LogP contribution in [-0.4, -0.2) is 27.8 Å². The molecule has 1 heterocycles. The van der Waals surface area contributed by atoms with Crippen LogP contribution in [0.2, 0.25) is 0 Å². The largest absolute Gasteiger partial charge is 0.466 e. The maximum Gasteiger partial charge on any atom is 0.336 e. The fourth-order valence-electron chi connectivity index (χ4n) is 2.03. The van der Waals surface area contributed by atoms with E-state index in [0.717, 1.165) is 24.0 Å². The van der Waals surface area contributed by atoms with Gasteiger partial charge in [-0.15, -0.1) is 5.10 Å². The van der Waals surface area contributed by atoms with Gasteiger partial charge in [-0.3, -0.25) is 4.79 Å². The van der Waals surface area contributed by atoms with Crippen molar-refractivity contribution in [2.45, 2.75) is 19.8 Å². The number of carbonyl (C=O) groups is 1. The van der Waals surface area contributed by atoms with E-state index in [-0.39, 0.29) is 17.8 Å². The molecule has 1 fully saturated rings. The second kappa shape index (κ2) is 4.50. The normalized spacial score (nSPS) is 14.4. The van der Waals surface area contributed by atoms with Gasteiger partial charge in [0.2, 0.25) is 0 Å². The van der Waals surface area contributed by atoms with E-state index in [1.807, 2.05) is 31.2 Å². The Bertz CT molecular complexity index is 629. The molecule has 3 rings (SSSR count). The van der Waals surface area contributed by atoms with E-state index in [0.29, 0.717) is 5.82 Å². The highest BCUT2D eigenvalue weighted by Gasteiger charge is 2.33. The first-order chi connectivity index (χ1) is 9.20. The van der Waals surface area contributed by atoms with Gasteiger partial charge in [-0.1, -0.05) is 24.3 Å². The van der Waals surface area contributed by atoms with Gasteiger partial charge >= 0.3 is 6.01 Å². The third-order valence-corrected chi connectivity index (χ3v) is 3.29. The van der Waals surface area contributed by atoms with Crippen LogP contribution in [0.15, 0.2) is 24.3 Å². The van der Waals surface area contributed by atoms with Gasteiger partial charge in [0.15, 0.2) is 5.82 Å². The molecule has 0 atom stereocenters. The molecule has 1 aliphatic carbocycles. The van der Waals surface area contributed by atoms with Gasteiger partial charge in [-0.25, -0.2) is 0 Å². The molecule has 0 bridgehead atoms. The molecule has 1 aliphatic rings. The fourth-order valence-corrected chi connectivity index (χ4v) is 2.03. The smallest absolute Gasteiger partial charge is 0.336 e. The summed E-state index contributed by atoms with van der Waals surface area (Å²) in [4.78, 5) is 16.5. The average Bonchev–Trinajstić information content (AvgIpc) is 3.18. The van der Waals surface area contributed by atoms with Crippen molar-refractivity contribution in [1.29, 1.82) is 0 Å². The number of ether oxygens (including phenoxy) is 1. The maximum absolute atomic E-state index is 12.2. The summed E-state index contributed by atoms with van der Waals surface area (Å²) in [6.45, 7) is 1.99. The molecule has 5 nitrogen and oxygen atoms in total. The Balaban J connectivity index is 2.11. The molecule has 19 heavy (non-hydrogen) atoms. The Morgan fingerprint density at radius 1 is 1.37 bits per heavy atom. The zero-order valence-corrected chi connectivity index (χ0v) is 11.0. The van der Waals surface area contributed by atoms with Crippen molar-refractivity contribution >= 4 is 5.91 Å². The molecule has 0 N–H and O–H groups in total. The molecule has 0 aliphatic heterocycles. The molecule has 0 spiro atoms. The number of benzene rings is 1. The Labute approximate surface area is 111 Å². The molecule has 0 amide bonds. The van der Waals surface area contributed by atoms with Crippen molar-refractivity contribution in [2.75, 3.05) is 7.11 Å². The summed E-state index contributed by atoms with van der Waals surface area (Å²) < 4.78 is 6.44. The van der Waals surface area contributed by atoms with Crippen molar-refractivity contribution in [1.82, 2.24) is 14.8 Å². The Morgan fingerprint density at radius 3 is 2.74 bits per heavy atom. The number of aryl methyl sites for hydroxylation is 1. The lowest BCUT2D eigenvalue weighted by Crippen LogP contribution is -2.16. The lowest BCUT2D eigenvalue weighted by molar-refractivity contribution is 0.0870. The zero-order chi connectivity index (χ0) is 13.4. The minimum atomic E-state index is 0.00838. The van der Waals surface area contributed by atoms with Crippen molar-refractivity contribution in [2.24, 2.45) is 5.92 Å². The molecule has 1 saturated carbocycles. The van der Waals surface area contributed by atoms with Crippen LogP contribution in [0.4, 0.5) is 0 Å². The van der Waals surface area contributed by atoms with Crippen LogP contribution in [0.3, 0.4) is 0 Å². The molecule has 0 unspecified atom stereocenters. The van der Waals surface area contributed by atoms with Crippen molar-refractivity contribution < 1.29 is 9.53 Å². The van der Waals surface area contributed by atoms with Gasteiger partial charge in [-0.2, -0.15) is 9.67 Å². The summed E-state index contributed by atoms with van der Waals surface area (Å²) in [5.41, 5.74) is 1.97. The minimum Gasteiger partial charge on any atom is -0.466 e. The zero-order valence-electron chi connectivity index (χ0n) is 11.0. The molecular weight excluding hydrogens is 242 g/mol. The average molecular weight is 257 g/mol. The fraction of sp³-hybridized carbons (Fsp3) is 0.357. The lowest BCUT2D eigenvalue weighted by Gasteiger charge is -2.05. The van der Waals surface area contributed by atoms with E-state index in [1.165, 1.54) is 11.8 Å². The third-order valence-electron chi connectivity index (χ3n) is 3.29. The van der Waals surface area contributed by atoms with Crippen LogP contribution in [0.5, 0.6) is 6.01 Å². The SMILES string of the molecule is COc1nc(-c2ccccc2C)n(C(=O)C2CC2)n1. The number of carbonyl (C=O) groups excluding carboxylic acids is 1. The van der Waals surface area contributed by atoms with Gasteiger partial charge in [-0.05, 0) is 25.3 Å². The van der Waals surface area contributed by atoms with Crippen LogP contribution in [0.1, 0.15) is 23.2 Å². The first kappa shape index (κ1) is 11.9. The van der Waals surface area contributed by atoms with E-state index >= 15 is 0 Å². The topological polar surface area (TPSA) is 57.0 Å². The quantitative estimate of drug-likeness (QED) is 0.846. The van der Waals surface area contributed by atoms with E-state index < -0.39 is 0 Å². The Morgan fingerprint density at radius 2 is 2.11 bits per heavy atom. The van der Waals surface area contributed by atoms with E-state index in [4.69, 9.17) is 4.74 Å². The number of methoxy groups -OCH3 is 1. The molecule has 2 aromatic rings. The first-order valence-electron chi connectivity index (χ1n) is 6.32. The molecule has 1 aromatic heterocycles. The van der Waals surface area contributed by atoms with Crippen molar-refractivity contribution in [3.8, 4) is 17.4 Å². The number of hydrogen-bond donors (Lipinski definition) is 0. The number of rotatable bonds is 3. The van der Waals surface area contributed by atoms with Gasteiger partial charge in [0.1, 0.15) is 0 Å². The van der Waals surface area contributed by atoms with Crippen LogP contribution in [-0.2, 0) is 0 Å². The van der Waals surface area contributed by atoms with Gasteiger partial charge in [0.05, 0.1) is 7.11 Å². The van der Waals surface area contributed by atoms with Crippen LogP contribution >= 0.6 is 0 Å². The summed E-state index contributed by atoms with van der Waals surface area (Å²) in [6.07, 6.45) is 1.88. The molecule has 0 saturated heterocycles. The highest BCUT2D eigenvalue weighted by Crippen LogP contribution is 2.32. The predicted octanol–water partition coefficient (Wildman–Crippen LogP) is 2.31. The predicted molar refractivity (Wildman–Crippen MR) is 70.1 cm³/mol. The summed E-state index contributed by atoms with van der Waals surface area (Å²) >= 11 is 0. The van der Waals surface area contributed by atoms with E-state index in [9.17, 15) is 4.79 Å². The van der Waals surface area contributed by atoms with E-state index in [2.05, 4.69) is 10.1 Å². The maximum atomic E-state index is 12.2. The van der Waals surface area contributed by atoms with Gasteiger partial charge in [0, 0.05) is 11.5 Å². The summed E-state index contributed by atoms with van der Waals surface area (Å²) in [6, 6.07) is 8.04. The first-order valence-corrected chi connectivity index (χ1v) is 6.32. The van der Waals surface area contributed by atoms with Crippen molar-refractivity contribution in [3.05, 3.63) is 29.8 Å². The Hall–Kier alpha value is -2.17. The van der Waals surface area contributed by atoms with Crippen LogP contribution in [0, 0.1) is 12.8 Å². The summed E-state index contributed by atoms with van der Waals surface area (Å²) in [7, 11) is 1.50.